The summed E-state index contributed by atoms with van der Waals surface area (Å²) in [6, 6.07) is 6.14. The zero-order chi connectivity index (χ0) is 7.56. The highest BCUT2D eigenvalue weighted by Gasteiger charge is 1.95. The number of rotatable bonds is 1. The Labute approximate surface area is 60.1 Å². The second-order valence-corrected chi connectivity index (χ2v) is 2.47. The van der Waals surface area contributed by atoms with E-state index >= 15 is 0 Å². The normalized spacial score (nSPS) is 10.3. The van der Waals surface area contributed by atoms with Crippen molar-refractivity contribution in [1.29, 1.82) is 0 Å². The van der Waals surface area contributed by atoms with Crippen molar-refractivity contribution in [3.05, 3.63) is 34.7 Å². The standard InChI is InChI=1S/C8H10NO/c1-7(2)9-6-4-3-5-8(9)10/h4-7H,1-2H3. The second-order valence-electron chi connectivity index (χ2n) is 2.47. The van der Waals surface area contributed by atoms with E-state index in [2.05, 4.69) is 6.07 Å². The van der Waals surface area contributed by atoms with Crippen molar-refractivity contribution in [2.75, 3.05) is 0 Å². The first-order valence-corrected chi connectivity index (χ1v) is 3.30. The molecule has 1 heterocycles. The molecule has 1 radical (unpaired) electrons. The fraction of sp³-hybridized carbons (Fsp3) is 0.375. The van der Waals surface area contributed by atoms with E-state index in [1.54, 1.807) is 16.8 Å². The Hall–Kier alpha value is -1.05. The zero-order valence-electron chi connectivity index (χ0n) is 6.16. The topological polar surface area (TPSA) is 22.0 Å². The molecule has 0 saturated heterocycles. The summed E-state index contributed by atoms with van der Waals surface area (Å²) in [5, 5.41) is 0. The molecule has 0 fully saturated rings. The van der Waals surface area contributed by atoms with Crippen LogP contribution in [0.15, 0.2) is 23.1 Å². The Balaban J connectivity index is 3.16. The van der Waals surface area contributed by atoms with Crippen LogP contribution in [-0.4, -0.2) is 4.57 Å². The smallest absolute Gasteiger partial charge is 0.251 e. The van der Waals surface area contributed by atoms with Crippen LogP contribution in [0, 0.1) is 6.07 Å². The van der Waals surface area contributed by atoms with Crippen LogP contribution in [0.2, 0.25) is 0 Å². The van der Waals surface area contributed by atoms with E-state index in [1.165, 1.54) is 6.07 Å². The van der Waals surface area contributed by atoms with Crippen LogP contribution in [-0.2, 0) is 0 Å². The molecular formula is C8H10NO. The third-order valence-corrected chi connectivity index (χ3v) is 1.35. The molecule has 0 aliphatic rings. The highest BCUT2D eigenvalue weighted by Crippen LogP contribution is 1.96. The van der Waals surface area contributed by atoms with Crippen molar-refractivity contribution < 1.29 is 0 Å². The molecule has 53 valence electrons. The van der Waals surface area contributed by atoms with Gasteiger partial charge in [-0.25, -0.2) is 0 Å². The minimum atomic E-state index is 0.0116. The van der Waals surface area contributed by atoms with Crippen molar-refractivity contribution in [3.8, 4) is 0 Å². The van der Waals surface area contributed by atoms with Gasteiger partial charge < -0.3 is 4.57 Å². The lowest BCUT2D eigenvalue weighted by Crippen LogP contribution is -2.19. The van der Waals surface area contributed by atoms with Gasteiger partial charge in [0.15, 0.2) is 0 Å². The minimum absolute atomic E-state index is 0.0116. The van der Waals surface area contributed by atoms with Gasteiger partial charge in [-0.15, -0.1) is 0 Å². The molecule has 0 saturated carbocycles. The summed E-state index contributed by atoms with van der Waals surface area (Å²) in [5.74, 6) is 0. The van der Waals surface area contributed by atoms with E-state index < -0.39 is 0 Å². The molecule has 2 nitrogen and oxygen atoms in total. The Bertz CT molecular complexity index is 262. The fourth-order valence-electron chi connectivity index (χ4n) is 0.817. The van der Waals surface area contributed by atoms with E-state index in [0.29, 0.717) is 0 Å². The minimum Gasteiger partial charge on any atom is -0.313 e. The Morgan fingerprint density at radius 3 is 2.70 bits per heavy atom. The maximum absolute atomic E-state index is 11.0. The Morgan fingerprint density at radius 2 is 2.30 bits per heavy atom. The van der Waals surface area contributed by atoms with Crippen LogP contribution in [0.25, 0.3) is 0 Å². The van der Waals surface area contributed by atoms with Crippen molar-refractivity contribution in [3.63, 3.8) is 0 Å². The molecule has 0 spiro atoms. The van der Waals surface area contributed by atoms with Gasteiger partial charge in [-0.1, -0.05) is 0 Å². The first-order chi connectivity index (χ1) is 4.72. The maximum Gasteiger partial charge on any atom is 0.251 e. The highest BCUT2D eigenvalue weighted by molar-refractivity contribution is 4.92. The lowest BCUT2D eigenvalue weighted by atomic mass is 10.3. The van der Waals surface area contributed by atoms with E-state index in [1.807, 2.05) is 13.8 Å². The van der Waals surface area contributed by atoms with Crippen LogP contribution in [0.3, 0.4) is 0 Å². The van der Waals surface area contributed by atoms with Crippen molar-refractivity contribution in [2.45, 2.75) is 19.9 Å². The Kier molecular flexibility index (Phi) is 1.90. The van der Waals surface area contributed by atoms with E-state index in [9.17, 15) is 4.79 Å². The average molecular weight is 136 g/mol. The average Bonchev–Trinajstić information content (AvgIpc) is 1.88. The summed E-state index contributed by atoms with van der Waals surface area (Å²) < 4.78 is 1.66. The van der Waals surface area contributed by atoms with Crippen LogP contribution in [0.4, 0.5) is 0 Å². The molecule has 0 aromatic carbocycles. The number of aromatic nitrogens is 1. The van der Waals surface area contributed by atoms with Gasteiger partial charge in [-0.2, -0.15) is 0 Å². The van der Waals surface area contributed by atoms with E-state index in [4.69, 9.17) is 0 Å². The monoisotopic (exact) mass is 136 g/mol. The quantitative estimate of drug-likeness (QED) is 0.569. The zero-order valence-corrected chi connectivity index (χ0v) is 6.16. The lowest BCUT2D eigenvalue weighted by Gasteiger charge is -2.06. The molecule has 0 amide bonds. The predicted molar refractivity (Wildman–Crippen MR) is 39.9 cm³/mol. The second kappa shape index (κ2) is 2.69. The van der Waals surface area contributed by atoms with Crippen molar-refractivity contribution >= 4 is 0 Å². The van der Waals surface area contributed by atoms with E-state index in [-0.39, 0.29) is 11.6 Å². The molecule has 0 atom stereocenters. The summed E-state index contributed by atoms with van der Waals surface area (Å²) in [6.07, 6.45) is 1.74. The molecule has 0 unspecified atom stereocenters. The van der Waals surface area contributed by atoms with Gasteiger partial charge in [0.25, 0.3) is 5.56 Å². The molecule has 0 N–H and O–H groups in total. The Morgan fingerprint density at radius 1 is 1.60 bits per heavy atom. The van der Waals surface area contributed by atoms with Gasteiger partial charge in [0.2, 0.25) is 0 Å². The molecule has 1 aromatic heterocycles. The summed E-state index contributed by atoms with van der Waals surface area (Å²) in [4.78, 5) is 11.0. The van der Waals surface area contributed by atoms with Crippen LogP contribution >= 0.6 is 0 Å². The maximum atomic E-state index is 11.0. The van der Waals surface area contributed by atoms with Gasteiger partial charge in [-0.3, -0.25) is 4.79 Å². The first-order valence-electron chi connectivity index (χ1n) is 3.30. The number of hydrogen-bond acceptors (Lipinski definition) is 1. The van der Waals surface area contributed by atoms with Gasteiger partial charge >= 0.3 is 0 Å². The molecule has 0 aliphatic carbocycles. The molecule has 0 bridgehead atoms. The number of hydrogen-bond donors (Lipinski definition) is 0. The van der Waals surface area contributed by atoms with Crippen LogP contribution in [0.1, 0.15) is 19.9 Å². The van der Waals surface area contributed by atoms with Crippen molar-refractivity contribution in [1.82, 2.24) is 4.57 Å². The van der Waals surface area contributed by atoms with E-state index in [0.717, 1.165) is 0 Å². The van der Waals surface area contributed by atoms with Crippen molar-refractivity contribution in [2.24, 2.45) is 0 Å². The largest absolute Gasteiger partial charge is 0.313 e. The number of nitrogens with zero attached hydrogens (tertiary/aromatic N) is 1. The third-order valence-electron chi connectivity index (χ3n) is 1.35. The SMILES string of the molecule is CC(C)n1cc[c]cc1=O. The van der Waals surface area contributed by atoms with Gasteiger partial charge in [0, 0.05) is 18.3 Å². The van der Waals surface area contributed by atoms with Crippen LogP contribution < -0.4 is 5.56 Å². The molecule has 10 heavy (non-hydrogen) atoms. The van der Waals surface area contributed by atoms with Gasteiger partial charge in [0.05, 0.1) is 0 Å². The van der Waals surface area contributed by atoms with Gasteiger partial charge in [-0.05, 0) is 26.0 Å². The molecule has 2 heteroatoms. The molecule has 1 rings (SSSR count). The molecule has 0 aliphatic heterocycles. The first kappa shape index (κ1) is 7.06. The summed E-state index contributed by atoms with van der Waals surface area (Å²) in [6.45, 7) is 3.95. The lowest BCUT2D eigenvalue weighted by molar-refractivity contribution is 0.578. The molecular weight excluding hydrogens is 126 g/mol. The number of pyridine rings is 1. The fourth-order valence-corrected chi connectivity index (χ4v) is 0.817. The highest BCUT2D eigenvalue weighted by atomic mass is 16.1. The predicted octanol–water partition coefficient (Wildman–Crippen LogP) is 1.23. The summed E-state index contributed by atoms with van der Waals surface area (Å²) in [7, 11) is 0. The molecule has 1 aromatic rings. The summed E-state index contributed by atoms with van der Waals surface area (Å²) in [5.41, 5.74) is 0.0116. The third kappa shape index (κ3) is 1.26. The summed E-state index contributed by atoms with van der Waals surface area (Å²) >= 11 is 0. The van der Waals surface area contributed by atoms with Gasteiger partial charge in [0.1, 0.15) is 0 Å². The van der Waals surface area contributed by atoms with Crippen LogP contribution in [0.5, 0.6) is 0 Å².